The van der Waals surface area contributed by atoms with Gasteiger partial charge in [0.05, 0.1) is 11.0 Å². The molecule has 0 aliphatic carbocycles. The smallest absolute Gasteiger partial charge is 0.449 e. The second-order valence-electron chi connectivity index (χ2n) is 8.43. The number of nitrogens with zero attached hydrogens (tertiary/aromatic N) is 2. The molecule has 7 nitrogen and oxygen atoms in total. The van der Waals surface area contributed by atoms with Crippen LogP contribution >= 0.6 is 0 Å². The van der Waals surface area contributed by atoms with Gasteiger partial charge in [0.15, 0.2) is 0 Å². The lowest BCUT2D eigenvalue weighted by Gasteiger charge is -2.12. The van der Waals surface area contributed by atoms with Crippen molar-refractivity contribution < 1.29 is 32.6 Å². The number of anilines is 1. The number of carbonyl (C=O) groups is 2. The molecule has 1 amide bonds. The van der Waals surface area contributed by atoms with E-state index in [0.29, 0.717) is 29.6 Å². The number of halogens is 3. The summed E-state index contributed by atoms with van der Waals surface area (Å²) in [7, 11) is 0. The number of para-hydroxylation sites is 1. The third-order valence-electron chi connectivity index (χ3n) is 5.79. The molecule has 37 heavy (non-hydrogen) atoms. The first-order chi connectivity index (χ1) is 17.7. The monoisotopic (exact) mass is 511 g/mol. The van der Waals surface area contributed by atoms with Crippen molar-refractivity contribution >= 4 is 28.8 Å². The van der Waals surface area contributed by atoms with Crippen LogP contribution in [0.5, 0.6) is 5.75 Å². The molecule has 0 bridgehead atoms. The fraction of sp³-hybridized carbons (Fsp3) is 0.222. The Morgan fingerprint density at radius 2 is 1.78 bits per heavy atom. The first kappa shape index (κ1) is 25.7. The molecule has 4 aromatic rings. The summed E-state index contributed by atoms with van der Waals surface area (Å²) in [4.78, 5) is 27.1. The molecule has 0 saturated heterocycles. The van der Waals surface area contributed by atoms with Gasteiger partial charge in [-0.05, 0) is 41.8 Å². The van der Waals surface area contributed by atoms with E-state index in [1.54, 1.807) is 30.3 Å². The maximum atomic E-state index is 12.7. The number of alkyl halides is 3. The first-order valence-corrected chi connectivity index (χ1v) is 11.6. The standard InChI is InChI=1S/C27H24F3N3O4/c1-2-3-8-24-32-21-14-13-19(31-25(34)27(28,29)30)15-22(21)33(24)16-17-9-11-18(12-10-17)20-6-4-5-7-23(20)37-26(35)36/h4-7,9-15H,2-3,8,16H2,1H3,(H,31,34)(H,35,36). The molecule has 4 rings (SSSR count). The highest BCUT2D eigenvalue weighted by atomic mass is 19.4. The van der Waals surface area contributed by atoms with Crippen LogP contribution in [0, 0.1) is 0 Å². The van der Waals surface area contributed by atoms with E-state index in [2.05, 4.69) is 11.9 Å². The predicted molar refractivity (Wildman–Crippen MR) is 133 cm³/mol. The van der Waals surface area contributed by atoms with Gasteiger partial charge in [0.1, 0.15) is 11.6 Å². The zero-order valence-electron chi connectivity index (χ0n) is 19.9. The number of carbonyl (C=O) groups excluding carboxylic acids is 1. The number of fused-ring (bicyclic) bond motifs is 1. The number of ether oxygens (including phenoxy) is 1. The molecule has 0 aliphatic rings. The quantitative estimate of drug-likeness (QED) is 0.204. The number of aromatic nitrogens is 2. The van der Waals surface area contributed by atoms with Gasteiger partial charge in [-0.3, -0.25) is 4.79 Å². The number of rotatable bonds is 8. The van der Waals surface area contributed by atoms with Crippen molar-refractivity contribution in [1.29, 1.82) is 0 Å². The molecule has 0 spiro atoms. The molecule has 0 radical (unpaired) electrons. The Labute approximate surface area is 210 Å². The summed E-state index contributed by atoms with van der Waals surface area (Å²) in [5.41, 5.74) is 3.55. The molecule has 10 heteroatoms. The van der Waals surface area contributed by atoms with E-state index < -0.39 is 18.2 Å². The molecule has 1 aromatic heterocycles. The van der Waals surface area contributed by atoms with E-state index in [0.717, 1.165) is 29.8 Å². The zero-order valence-corrected chi connectivity index (χ0v) is 19.9. The Morgan fingerprint density at radius 1 is 1.05 bits per heavy atom. The number of nitrogens with one attached hydrogen (secondary N) is 1. The summed E-state index contributed by atoms with van der Waals surface area (Å²) in [5.74, 6) is -1.02. The van der Waals surface area contributed by atoms with Crippen LogP contribution in [0.1, 0.15) is 31.2 Å². The minimum absolute atomic E-state index is 0.0309. The third kappa shape index (κ3) is 6.08. The first-order valence-electron chi connectivity index (χ1n) is 11.6. The second kappa shape index (κ2) is 10.7. The molecular formula is C27H24F3N3O4. The molecule has 0 aliphatic heterocycles. The number of imidazole rings is 1. The summed E-state index contributed by atoms with van der Waals surface area (Å²) in [6, 6.07) is 18.8. The molecule has 0 saturated carbocycles. The average Bonchev–Trinajstić information content (AvgIpc) is 3.19. The van der Waals surface area contributed by atoms with Gasteiger partial charge in [0, 0.05) is 24.2 Å². The summed E-state index contributed by atoms with van der Waals surface area (Å²) < 4.78 is 45.0. The molecule has 0 unspecified atom stereocenters. The highest BCUT2D eigenvalue weighted by Crippen LogP contribution is 2.31. The number of unbranched alkanes of at least 4 members (excludes halogenated alkanes) is 1. The lowest BCUT2D eigenvalue weighted by atomic mass is 10.0. The Bertz CT molecular complexity index is 1430. The molecular weight excluding hydrogens is 487 g/mol. The minimum atomic E-state index is -4.99. The largest absolute Gasteiger partial charge is 0.511 e. The Balaban J connectivity index is 1.66. The average molecular weight is 512 g/mol. The Morgan fingerprint density at radius 3 is 2.46 bits per heavy atom. The molecule has 0 fully saturated rings. The van der Waals surface area contributed by atoms with Crippen molar-refractivity contribution in [3.8, 4) is 16.9 Å². The molecule has 0 atom stereocenters. The van der Waals surface area contributed by atoms with E-state index in [1.807, 2.05) is 34.1 Å². The normalized spacial score (nSPS) is 11.5. The van der Waals surface area contributed by atoms with Crippen molar-refractivity contribution in [1.82, 2.24) is 9.55 Å². The number of hydrogen-bond donors (Lipinski definition) is 2. The summed E-state index contributed by atoms with van der Waals surface area (Å²) in [5, 5.41) is 10.9. The number of benzene rings is 3. The van der Waals surface area contributed by atoms with Gasteiger partial charge in [-0.1, -0.05) is 55.8 Å². The molecule has 3 aromatic carbocycles. The number of amides is 1. The van der Waals surface area contributed by atoms with E-state index >= 15 is 0 Å². The highest BCUT2D eigenvalue weighted by molar-refractivity contribution is 5.96. The SMILES string of the molecule is CCCCc1nc2ccc(NC(=O)C(F)(F)F)cc2n1Cc1ccc(-c2ccccc2OC(=O)O)cc1. The van der Waals surface area contributed by atoms with Gasteiger partial charge in [-0.25, -0.2) is 9.78 Å². The summed E-state index contributed by atoms with van der Waals surface area (Å²) in [6.45, 7) is 2.46. The minimum Gasteiger partial charge on any atom is -0.449 e. The molecule has 192 valence electrons. The van der Waals surface area contributed by atoms with E-state index in [-0.39, 0.29) is 11.4 Å². The summed E-state index contributed by atoms with van der Waals surface area (Å²) >= 11 is 0. The topological polar surface area (TPSA) is 93.5 Å². The van der Waals surface area contributed by atoms with E-state index in [1.165, 1.54) is 12.1 Å². The van der Waals surface area contributed by atoms with Crippen LogP contribution in [-0.2, 0) is 17.8 Å². The van der Waals surface area contributed by atoms with Crippen LogP contribution < -0.4 is 10.1 Å². The van der Waals surface area contributed by atoms with Crippen molar-refractivity contribution in [2.24, 2.45) is 0 Å². The number of aryl methyl sites for hydroxylation is 1. The highest BCUT2D eigenvalue weighted by Gasteiger charge is 2.38. The van der Waals surface area contributed by atoms with Crippen LogP contribution in [0.25, 0.3) is 22.2 Å². The van der Waals surface area contributed by atoms with Crippen molar-refractivity contribution in [2.75, 3.05) is 5.32 Å². The summed E-state index contributed by atoms with van der Waals surface area (Å²) in [6.07, 6.45) is -3.87. The number of carboxylic acid groups (broad SMARTS) is 1. The Kier molecular flexibility index (Phi) is 7.47. The Hall–Kier alpha value is -4.34. The van der Waals surface area contributed by atoms with E-state index in [9.17, 15) is 22.8 Å². The third-order valence-corrected chi connectivity index (χ3v) is 5.79. The molecule has 1 heterocycles. The van der Waals surface area contributed by atoms with Gasteiger partial charge < -0.3 is 19.7 Å². The number of hydrogen-bond acceptors (Lipinski definition) is 4. The fourth-order valence-corrected chi connectivity index (χ4v) is 4.01. The lowest BCUT2D eigenvalue weighted by molar-refractivity contribution is -0.167. The van der Waals surface area contributed by atoms with E-state index in [4.69, 9.17) is 9.84 Å². The van der Waals surface area contributed by atoms with Crippen LogP contribution in [0.3, 0.4) is 0 Å². The fourth-order valence-electron chi connectivity index (χ4n) is 4.01. The van der Waals surface area contributed by atoms with Gasteiger partial charge in [-0.2, -0.15) is 13.2 Å². The van der Waals surface area contributed by atoms with Gasteiger partial charge in [0.2, 0.25) is 0 Å². The van der Waals surface area contributed by atoms with Crippen molar-refractivity contribution in [2.45, 2.75) is 38.9 Å². The molecule has 2 N–H and O–H groups in total. The maximum Gasteiger partial charge on any atom is 0.511 e. The van der Waals surface area contributed by atoms with Crippen LogP contribution in [0.2, 0.25) is 0 Å². The second-order valence-corrected chi connectivity index (χ2v) is 8.43. The maximum absolute atomic E-state index is 12.7. The van der Waals surface area contributed by atoms with Gasteiger partial charge >= 0.3 is 18.2 Å². The zero-order chi connectivity index (χ0) is 26.6. The van der Waals surface area contributed by atoms with Crippen molar-refractivity contribution in [3.05, 3.63) is 78.1 Å². The predicted octanol–water partition coefficient (Wildman–Crippen LogP) is 6.65. The van der Waals surface area contributed by atoms with Gasteiger partial charge in [-0.15, -0.1) is 0 Å². The van der Waals surface area contributed by atoms with Crippen molar-refractivity contribution in [3.63, 3.8) is 0 Å². The van der Waals surface area contributed by atoms with Crippen LogP contribution in [0.4, 0.5) is 23.7 Å². The lowest BCUT2D eigenvalue weighted by Crippen LogP contribution is -2.29. The van der Waals surface area contributed by atoms with Gasteiger partial charge in [0.25, 0.3) is 0 Å². The van der Waals surface area contributed by atoms with Crippen LogP contribution in [-0.4, -0.2) is 32.9 Å². The van der Waals surface area contributed by atoms with Crippen LogP contribution in [0.15, 0.2) is 66.7 Å².